The highest BCUT2D eigenvalue weighted by Crippen LogP contribution is 2.15. The van der Waals surface area contributed by atoms with Crippen LogP contribution in [0.15, 0.2) is 0 Å². The normalized spacial score (nSPS) is 22.9. The summed E-state index contributed by atoms with van der Waals surface area (Å²) in [6.45, 7) is 5.50. The Labute approximate surface area is 106 Å². The van der Waals surface area contributed by atoms with Crippen LogP contribution in [-0.2, 0) is 0 Å². The van der Waals surface area contributed by atoms with Crippen LogP contribution in [0.1, 0.15) is 32.6 Å². The molecule has 1 aliphatic heterocycles. The van der Waals surface area contributed by atoms with Crippen molar-refractivity contribution in [1.82, 2.24) is 9.80 Å². The standard InChI is InChI=1S/C13H29N3O/c1-13(14,11-17)7-4-8-16(3)12-5-9-15(2)10-6-12/h12,17H,4-11,14H2,1-3H3. The van der Waals surface area contributed by atoms with Gasteiger partial charge in [-0.15, -0.1) is 0 Å². The van der Waals surface area contributed by atoms with Crippen molar-refractivity contribution in [2.24, 2.45) is 5.73 Å². The summed E-state index contributed by atoms with van der Waals surface area (Å²) in [7, 11) is 4.40. The first-order valence-electron chi connectivity index (χ1n) is 6.73. The molecule has 4 nitrogen and oxygen atoms in total. The van der Waals surface area contributed by atoms with Crippen molar-refractivity contribution in [2.75, 3.05) is 40.3 Å². The van der Waals surface area contributed by atoms with Gasteiger partial charge >= 0.3 is 0 Å². The summed E-state index contributed by atoms with van der Waals surface area (Å²) in [4.78, 5) is 4.85. The first kappa shape index (κ1) is 14.9. The van der Waals surface area contributed by atoms with E-state index in [1.807, 2.05) is 6.92 Å². The largest absolute Gasteiger partial charge is 0.394 e. The Morgan fingerprint density at radius 3 is 2.53 bits per heavy atom. The maximum Gasteiger partial charge on any atom is 0.0608 e. The summed E-state index contributed by atoms with van der Waals surface area (Å²) >= 11 is 0. The third-order valence-electron chi connectivity index (χ3n) is 3.93. The van der Waals surface area contributed by atoms with Crippen molar-refractivity contribution in [1.29, 1.82) is 0 Å². The molecule has 0 saturated carbocycles. The topological polar surface area (TPSA) is 52.7 Å². The van der Waals surface area contributed by atoms with Crippen LogP contribution >= 0.6 is 0 Å². The maximum atomic E-state index is 9.09. The Morgan fingerprint density at radius 1 is 1.41 bits per heavy atom. The molecule has 1 heterocycles. The molecule has 0 aliphatic carbocycles. The highest BCUT2D eigenvalue weighted by atomic mass is 16.3. The number of rotatable bonds is 6. The Balaban J connectivity index is 2.19. The van der Waals surface area contributed by atoms with E-state index in [2.05, 4.69) is 23.9 Å². The number of aliphatic hydroxyl groups is 1. The van der Waals surface area contributed by atoms with Gasteiger partial charge in [-0.3, -0.25) is 0 Å². The number of hydrogen-bond acceptors (Lipinski definition) is 4. The van der Waals surface area contributed by atoms with Gasteiger partial charge in [0.1, 0.15) is 0 Å². The van der Waals surface area contributed by atoms with Crippen molar-refractivity contribution in [3.05, 3.63) is 0 Å². The van der Waals surface area contributed by atoms with Crippen molar-refractivity contribution >= 4 is 0 Å². The zero-order valence-electron chi connectivity index (χ0n) is 11.7. The van der Waals surface area contributed by atoms with Crippen LogP contribution in [0, 0.1) is 0 Å². The molecule has 1 fully saturated rings. The molecule has 0 radical (unpaired) electrons. The van der Waals surface area contributed by atoms with E-state index in [0.29, 0.717) is 0 Å². The Kier molecular flexibility index (Phi) is 5.86. The molecular weight excluding hydrogens is 214 g/mol. The molecule has 3 N–H and O–H groups in total. The SMILES string of the molecule is CN1CCC(N(C)CCCC(C)(N)CO)CC1. The van der Waals surface area contributed by atoms with E-state index in [-0.39, 0.29) is 6.61 Å². The molecule has 1 rings (SSSR count). The number of hydrogen-bond donors (Lipinski definition) is 2. The average molecular weight is 243 g/mol. The van der Waals surface area contributed by atoms with Gasteiger partial charge in [0.25, 0.3) is 0 Å². The van der Waals surface area contributed by atoms with Crippen LogP contribution in [0.4, 0.5) is 0 Å². The van der Waals surface area contributed by atoms with Gasteiger partial charge in [0, 0.05) is 11.6 Å². The lowest BCUT2D eigenvalue weighted by molar-refractivity contribution is 0.136. The fraction of sp³-hybridized carbons (Fsp3) is 1.00. The molecule has 1 saturated heterocycles. The highest BCUT2D eigenvalue weighted by molar-refractivity contribution is 4.80. The van der Waals surface area contributed by atoms with E-state index in [1.54, 1.807) is 0 Å². The number of nitrogens with two attached hydrogens (primary N) is 1. The van der Waals surface area contributed by atoms with Gasteiger partial charge in [-0.2, -0.15) is 0 Å². The molecular formula is C13H29N3O. The van der Waals surface area contributed by atoms with Gasteiger partial charge in [-0.25, -0.2) is 0 Å². The van der Waals surface area contributed by atoms with Crippen LogP contribution < -0.4 is 5.73 Å². The molecule has 0 aromatic rings. The minimum atomic E-state index is -0.409. The van der Waals surface area contributed by atoms with Gasteiger partial charge in [-0.05, 0) is 66.3 Å². The van der Waals surface area contributed by atoms with Gasteiger partial charge < -0.3 is 20.6 Å². The minimum Gasteiger partial charge on any atom is -0.394 e. The van der Waals surface area contributed by atoms with Crippen molar-refractivity contribution in [3.63, 3.8) is 0 Å². The number of aliphatic hydroxyl groups excluding tert-OH is 1. The van der Waals surface area contributed by atoms with E-state index in [0.717, 1.165) is 25.4 Å². The number of piperidine rings is 1. The second kappa shape index (κ2) is 6.69. The lowest BCUT2D eigenvalue weighted by Gasteiger charge is -2.35. The summed E-state index contributed by atoms with van der Waals surface area (Å²) in [6, 6.07) is 0.726. The van der Waals surface area contributed by atoms with Gasteiger partial charge in [-0.1, -0.05) is 0 Å². The molecule has 102 valence electrons. The second-order valence-electron chi connectivity index (χ2n) is 5.93. The summed E-state index contributed by atoms with van der Waals surface area (Å²) in [5.74, 6) is 0. The molecule has 4 heteroatoms. The van der Waals surface area contributed by atoms with Gasteiger partial charge in [0.05, 0.1) is 6.61 Å². The third kappa shape index (κ3) is 5.34. The first-order chi connectivity index (χ1) is 7.94. The Bertz CT molecular complexity index is 213. The van der Waals surface area contributed by atoms with E-state index < -0.39 is 5.54 Å². The molecule has 0 spiro atoms. The molecule has 1 aliphatic rings. The van der Waals surface area contributed by atoms with Crippen LogP contribution in [0.2, 0.25) is 0 Å². The quantitative estimate of drug-likeness (QED) is 0.713. The van der Waals surface area contributed by atoms with Crippen LogP contribution in [0.5, 0.6) is 0 Å². The van der Waals surface area contributed by atoms with Crippen LogP contribution in [0.25, 0.3) is 0 Å². The fourth-order valence-corrected chi connectivity index (χ4v) is 2.43. The molecule has 17 heavy (non-hydrogen) atoms. The first-order valence-corrected chi connectivity index (χ1v) is 6.73. The van der Waals surface area contributed by atoms with E-state index >= 15 is 0 Å². The smallest absolute Gasteiger partial charge is 0.0608 e. The summed E-state index contributed by atoms with van der Waals surface area (Å²) < 4.78 is 0. The Hall–Kier alpha value is -0.160. The monoisotopic (exact) mass is 243 g/mol. The summed E-state index contributed by atoms with van der Waals surface area (Å²) in [5, 5.41) is 9.09. The maximum absolute atomic E-state index is 9.09. The van der Waals surface area contributed by atoms with E-state index in [4.69, 9.17) is 10.8 Å². The minimum absolute atomic E-state index is 0.0743. The second-order valence-corrected chi connectivity index (χ2v) is 5.93. The van der Waals surface area contributed by atoms with Crippen molar-refractivity contribution in [3.8, 4) is 0 Å². The predicted octanol–water partition coefficient (Wildman–Crippen LogP) is 0.502. The number of likely N-dealkylation sites (tertiary alicyclic amines) is 1. The Morgan fingerprint density at radius 2 is 2.00 bits per heavy atom. The molecule has 0 bridgehead atoms. The zero-order valence-corrected chi connectivity index (χ0v) is 11.7. The zero-order chi connectivity index (χ0) is 12.9. The molecule has 1 unspecified atom stereocenters. The third-order valence-corrected chi connectivity index (χ3v) is 3.93. The van der Waals surface area contributed by atoms with Crippen LogP contribution in [0.3, 0.4) is 0 Å². The van der Waals surface area contributed by atoms with Crippen LogP contribution in [-0.4, -0.2) is 66.8 Å². The molecule has 0 amide bonds. The summed E-state index contributed by atoms with van der Waals surface area (Å²) in [5.41, 5.74) is 5.51. The highest BCUT2D eigenvalue weighted by Gasteiger charge is 2.21. The lowest BCUT2D eigenvalue weighted by atomic mass is 9.97. The van der Waals surface area contributed by atoms with E-state index in [9.17, 15) is 0 Å². The predicted molar refractivity (Wildman–Crippen MR) is 72.1 cm³/mol. The van der Waals surface area contributed by atoms with Gasteiger partial charge in [0.2, 0.25) is 0 Å². The van der Waals surface area contributed by atoms with Gasteiger partial charge in [0.15, 0.2) is 0 Å². The van der Waals surface area contributed by atoms with Crippen molar-refractivity contribution in [2.45, 2.75) is 44.2 Å². The van der Waals surface area contributed by atoms with Crippen molar-refractivity contribution < 1.29 is 5.11 Å². The fourth-order valence-electron chi connectivity index (χ4n) is 2.43. The molecule has 0 aromatic carbocycles. The number of nitrogens with zero attached hydrogens (tertiary/aromatic N) is 2. The average Bonchev–Trinajstić information content (AvgIpc) is 2.29. The molecule has 0 aromatic heterocycles. The lowest BCUT2D eigenvalue weighted by Crippen LogP contribution is -2.44. The molecule has 1 atom stereocenters. The van der Waals surface area contributed by atoms with E-state index in [1.165, 1.54) is 25.9 Å². The summed E-state index contributed by atoms with van der Waals surface area (Å²) in [6.07, 6.45) is 4.50.